The first kappa shape index (κ1) is 35.5. The summed E-state index contributed by atoms with van der Waals surface area (Å²) in [5, 5.41) is 0. The Morgan fingerprint density at radius 1 is 0.569 bits per heavy atom. The molecule has 0 unspecified atom stereocenters. The van der Waals surface area contributed by atoms with Gasteiger partial charge in [0, 0.05) is 43.9 Å². The van der Waals surface area contributed by atoms with Gasteiger partial charge in [0.1, 0.15) is 0 Å². The van der Waals surface area contributed by atoms with E-state index in [1.54, 1.807) is 0 Å². The summed E-state index contributed by atoms with van der Waals surface area (Å²) in [7, 11) is 0. The number of aromatic nitrogens is 4. The molecule has 8 aromatic rings. The molecule has 0 N–H and O–H groups in total. The number of fused-ring (bicyclic) bond motifs is 1. The molecule has 51 heavy (non-hydrogen) atoms. The molecule has 0 atom stereocenters. The van der Waals surface area contributed by atoms with Crippen LogP contribution in [0.2, 0.25) is 0 Å². The second-order valence-electron chi connectivity index (χ2n) is 12.9. The number of para-hydroxylation sites is 3. The number of imidazole rings is 2. The van der Waals surface area contributed by atoms with E-state index in [0.29, 0.717) is 11.8 Å². The molecular formula is C46H40IrN4-2. The van der Waals surface area contributed by atoms with Crippen molar-refractivity contribution < 1.29 is 20.1 Å². The van der Waals surface area contributed by atoms with Crippen LogP contribution in [0, 0.1) is 12.1 Å². The SMILES string of the molecule is CC(C)c1cc(-c2ccccc2)cc(C(C)C)c1-n1ccnc1-c1[c-]cccc1.[Ir].[c-]1ccccc1-c1nc2ccccc2n1-c1ccccc1. The summed E-state index contributed by atoms with van der Waals surface area (Å²) in [6.45, 7) is 9.07. The third-order valence-electron chi connectivity index (χ3n) is 8.88. The monoisotopic (exact) mass is 841 g/mol. The molecule has 0 aliphatic heterocycles. The van der Waals surface area contributed by atoms with E-state index in [1.165, 1.54) is 27.9 Å². The molecule has 0 aliphatic rings. The molecule has 5 heteroatoms. The van der Waals surface area contributed by atoms with Gasteiger partial charge in [-0.15, -0.1) is 71.8 Å². The van der Waals surface area contributed by atoms with Crippen LogP contribution >= 0.6 is 0 Å². The van der Waals surface area contributed by atoms with E-state index in [4.69, 9.17) is 4.98 Å². The first-order valence-electron chi connectivity index (χ1n) is 17.2. The minimum atomic E-state index is 0. The van der Waals surface area contributed by atoms with Crippen molar-refractivity contribution in [3.05, 3.63) is 181 Å². The van der Waals surface area contributed by atoms with Crippen molar-refractivity contribution in [2.24, 2.45) is 0 Å². The maximum atomic E-state index is 4.79. The molecule has 4 nitrogen and oxygen atoms in total. The molecule has 0 saturated heterocycles. The van der Waals surface area contributed by atoms with Crippen LogP contribution in [-0.4, -0.2) is 19.1 Å². The van der Waals surface area contributed by atoms with Crippen molar-refractivity contribution in [3.8, 4) is 45.3 Å². The van der Waals surface area contributed by atoms with Crippen LogP contribution in [0.15, 0.2) is 158 Å². The molecule has 6 aromatic carbocycles. The van der Waals surface area contributed by atoms with Crippen LogP contribution in [0.4, 0.5) is 0 Å². The van der Waals surface area contributed by atoms with E-state index < -0.39 is 0 Å². The molecule has 0 spiro atoms. The van der Waals surface area contributed by atoms with Crippen LogP contribution in [-0.2, 0) is 20.1 Å². The largest absolute Gasteiger partial charge is 0.340 e. The second-order valence-corrected chi connectivity index (χ2v) is 12.9. The van der Waals surface area contributed by atoms with Gasteiger partial charge in [-0.05, 0) is 70.5 Å². The quantitative estimate of drug-likeness (QED) is 0.150. The summed E-state index contributed by atoms with van der Waals surface area (Å²) < 4.78 is 4.42. The van der Waals surface area contributed by atoms with Crippen LogP contribution in [0.1, 0.15) is 50.7 Å². The smallest absolute Gasteiger partial charge is 0.0774 e. The fourth-order valence-electron chi connectivity index (χ4n) is 6.43. The van der Waals surface area contributed by atoms with Gasteiger partial charge in [0.2, 0.25) is 0 Å². The third kappa shape index (κ3) is 7.56. The van der Waals surface area contributed by atoms with Crippen molar-refractivity contribution in [3.63, 3.8) is 0 Å². The Labute approximate surface area is 314 Å². The molecule has 1 radical (unpaired) electrons. The van der Waals surface area contributed by atoms with Gasteiger partial charge >= 0.3 is 0 Å². The van der Waals surface area contributed by atoms with E-state index in [9.17, 15) is 0 Å². The zero-order valence-corrected chi connectivity index (χ0v) is 31.7. The first-order valence-corrected chi connectivity index (χ1v) is 17.2. The zero-order chi connectivity index (χ0) is 34.5. The van der Waals surface area contributed by atoms with Crippen LogP contribution in [0.3, 0.4) is 0 Å². The van der Waals surface area contributed by atoms with Crippen molar-refractivity contribution >= 4 is 11.0 Å². The van der Waals surface area contributed by atoms with Crippen LogP contribution in [0.5, 0.6) is 0 Å². The maximum Gasteiger partial charge on any atom is 0.0774 e. The standard InChI is InChI=1S/C27H27N2.C19H13N2.Ir/c1-19(2)24-17-23(21-11-7-5-8-12-21)18-25(20(3)4)26(24)29-16-15-28-27(29)22-13-9-6-10-14-22;1-3-9-15(10-4-1)19-20-17-13-7-8-14-18(17)21(19)16-11-5-2-6-12-16;/h5-13,15-20H,1-4H3;1-9,11-14H;/q2*-1;. The van der Waals surface area contributed by atoms with Gasteiger partial charge in [0.05, 0.1) is 22.7 Å². The second kappa shape index (κ2) is 16.1. The predicted octanol–water partition coefficient (Wildman–Crippen LogP) is 11.7. The van der Waals surface area contributed by atoms with Crippen LogP contribution < -0.4 is 0 Å². The van der Waals surface area contributed by atoms with Crippen molar-refractivity contribution in [1.29, 1.82) is 0 Å². The minimum Gasteiger partial charge on any atom is -0.340 e. The fourth-order valence-corrected chi connectivity index (χ4v) is 6.43. The van der Waals surface area contributed by atoms with E-state index in [2.05, 4.69) is 127 Å². The molecule has 0 amide bonds. The van der Waals surface area contributed by atoms with Crippen molar-refractivity contribution in [1.82, 2.24) is 19.1 Å². The average Bonchev–Trinajstić information content (AvgIpc) is 3.82. The topological polar surface area (TPSA) is 35.6 Å². The van der Waals surface area contributed by atoms with Crippen LogP contribution in [0.25, 0.3) is 56.3 Å². The summed E-state index contributed by atoms with van der Waals surface area (Å²) in [6, 6.07) is 56.4. The van der Waals surface area contributed by atoms with E-state index in [1.807, 2.05) is 85.1 Å². The van der Waals surface area contributed by atoms with E-state index in [0.717, 1.165) is 39.5 Å². The molecule has 255 valence electrons. The maximum absolute atomic E-state index is 4.79. The Morgan fingerprint density at radius 2 is 1.12 bits per heavy atom. The van der Waals surface area contributed by atoms with Gasteiger partial charge in [-0.3, -0.25) is 9.97 Å². The average molecular weight is 841 g/mol. The molecule has 8 rings (SSSR count). The minimum absolute atomic E-state index is 0. The van der Waals surface area contributed by atoms with Gasteiger partial charge in [0.25, 0.3) is 0 Å². The Morgan fingerprint density at radius 3 is 1.71 bits per heavy atom. The molecular weight excluding hydrogens is 801 g/mol. The van der Waals surface area contributed by atoms with Crippen molar-refractivity contribution in [2.75, 3.05) is 0 Å². The number of benzene rings is 6. The normalized spacial score (nSPS) is 10.9. The summed E-state index contributed by atoms with van der Waals surface area (Å²) in [4.78, 5) is 9.47. The van der Waals surface area contributed by atoms with Gasteiger partial charge in [0.15, 0.2) is 0 Å². The molecule has 2 heterocycles. The van der Waals surface area contributed by atoms with Gasteiger partial charge in [-0.2, -0.15) is 0 Å². The Balaban J connectivity index is 0.000000180. The molecule has 0 bridgehead atoms. The Hall–Kier alpha value is -5.35. The molecule has 0 fully saturated rings. The molecule has 2 aromatic heterocycles. The number of hydrogen-bond donors (Lipinski definition) is 0. The van der Waals surface area contributed by atoms with Gasteiger partial charge in [-0.1, -0.05) is 88.4 Å². The molecule has 0 aliphatic carbocycles. The van der Waals surface area contributed by atoms with Crippen molar-refractivity contribution in [2.45, 2.75) is 39.5 Å². The third-order valence-corrected chi connectivity index (χ3v) is 8.88. The number of rotatable bonds is 7. The summed E-state index contributed by atoms with van der Waals surface area (Å²) >= 11 is 0. The van der Waals surface area contributed by atoms with Gasteiger partial charge in [-0.25, -0.2) is 0 Å². The first-order chi connectivity index (χ1) is 24.5. The Kier molecular flexibility index (Phi) is 11.2. The van der Waals surface area contributed by atoms with E-state index in [-0.39, 0.29) is 20.1 Å². The fraction of sp³-hybridized carbons (Fsp3) is 0.130. The summed E-state index contributed by atoms with van der Waals surface area (Å²) in [5.41, 5.74) is 11.7. The van der Waals surface area contributed by atoms with Gasteiger partial charge < -0.3 is 9.13 Å². The van der Waals surface area contributed by atoms with E-state index >= 15 is 0 Å². The molecule has 0 saturated carbocycles. The summed E-state index contributed by atoms with van der Waals surface area (Å²) in [5.74, 6) is 2.63. The summed E-state index contributed by atoms with van der Waals surface area (Å²) in [6.07, 6.45) is 3.96. The number of nitrogens with zero attached hydrogens (tertiary/aromatic N) is 4. The number of hydrogen-bond acceptors (Lipinski definition) is 2. The Bertz CT molecular complexity index is 2280. The predicted molar refractivity (Wildman–Crippen MR) is 207 cm³/mol. The zero-order valence-electron chi connectivity index (χ0n) is 29.3.